The number of hydrogen-bond acceptors (Lipinski definition) is 5. The van der Waals surface area contributed by atoms with Crippen molar-refractivity contribution in [1.29, 1.82) is 0 Å². The van der Waals surface area contributed by atoms with Gasteiger partial charge >= 0.3 is 6.03 Å². The Morgan fingerprint density at radius 2 is 1.76 bits per heavy atom. The number of hydrogen-bond donors (Lipinski definition) is 1. The largest absolute Gasteiger partial charge is 0.494 e. The molecule has 1 unspecified atom stereocenters. The van der Waals surface area contributed by atoms with Crippen LogP contribution in [0.4, 0.5) is 10.5 Å². The Hall–Kier alpha value is -3.00. The molecule has 1 aromatic carbocycles. The van der Waals surface area contributed by atoms with E-state index in [0.717, 1.165) is 81.9 Å². The first kappa shape index (κ1) is 33.5. The van der Waals surface area contributed by atoms with Crippen LogP contribution >= 0.6 is 0 Å². The van der Waals surface area contributed by atoms with Crippen molar-refractivity contribution in [2.75, 3.05) is 51.8 Å². The Balaban J connectivity index is 0.000000258. The van der Waals surface area contributed by atoms with E-state index in [-0.39, 0.29) is 12.1 Å². The molecule has 0 radical (unpaired) electrons. The molecule has 1 N–H and O–H groups in total. The van der Waals surface area contributed by atoms with Crippen LogP contribution in [-0.4, -0.2) is 79.2 Å². The zero-order chi connectivity index (χ0) is 30.5. The summed E-state index contributed by atoms with van der Waals surface area (Å²) in [5.74, 6) is 1.49. The fourth-order valence-corrected chi connectivity index (χ4v) is 5.76. The lowest BCUT2D eigenvalue weighted by Gasteiger charge is -2.40. The summed E-state index contributed by atoms with van der Waals surface area (Å²) in [7, 11) is 1.69. The molecule has 3 aliphatic rings. The second kappa shape index (κ2) is 17.2. The molecule has 2 aliphatic heterocycles. The molecule has 1 atom stereocenters. The lowest BCUT2D eigenvalue weighted by Crippen LogP contribution is -2.51. The fraction of sp³-hybridized carbons (Fsp3) is 0.647. The van der Waals surface area contributed by atoms with Crippen molar-refractivity contribution in [3.8, 4) is 5.75 Å². The summed E-state index contributed by atoms with van der Waals surface area (Å²) in [6.07, 6.45) is 13.0. The van der Waals surface area contributed by atoms with Gasteiger partial charge in [0.25, 0.3) is 0 Å². The van der Waals surface area contributed by atoms with Gasteiger partial charge in [0.15, 0.2) is 0 Å². The van der Waals surface area contributed by atoms with Gasteiger partial charge < -0.3 is 24.6 Å². The molecule has 42 heavy (non-hydrogen) atoms. The second-order valence-corrected chi connectivity index (χ2v) is 11.5. The number of rotatable bonds is 11. The van der Waals surface area contributed by atoms with Gasteiger partial charge in [0.05, 0.1) is 18.4 Å². The van der Waals surface area contributed by atoms with E-state index in [0.29, 0.717) is 24.1 Å². The van der Waals surface area contributed by atoms with Crippen LogP contribution in [0.1, 0.15) is 91.0 Å². The summed E-state index contributed by atoms with van der Waals surface area (Å²) >= 11 is 0. The minimum Gasteiger partial charge on any atom is -0.494 e. The Labute approximate surface area is 254 Å². The highest BCUT2D eigenvalue weighted by molar-refractivity contribution is 6.02. The van der Waals surface area contributed by atoms with Crippen molar-refractivity contribution in [1.82, 2.24) is 14.7 Å². The Kier molecular flexibility index (Phi) is 13.7. The van der Waals surface area contributed by atoms with Crippen molar-refractivity contribution in [2.45, 2.75) is 91.6 Å². The van der Waals surface area contributed by atoms with Crippen LogP contribution < -0.4 is 10.1 Å². The second-order valence-electron chi connectivity index (χ2n) is 11.5. The van der Waals surface area contributed by atoms with Gasteiger partial charge in [-0.3, -0.25) is 9.69 Å². The topological polar surface area (TPSA) is 74.3 Å². The van der Waals surface area contributed by atoms with E-state index in [9.17, 15) is 9.59 Å². The third kappa shape index (κ3) is 9.25. The van der Waals surface area contributed by atoms with Crippen molar-refractivity contribution < 1.29 is 19.1 Å². The SMILES string of the molecule is C=C1c2cc(OCC)ccc2NC(=O)N1C.CCC/C=C(/C(C)OCCCC)N1CCN(C(=O)C2CCCCC2)CC1. The summed E-state index contributed by atoms with van der Waals surface area (Å²) in [5, 5.41) is 2.78. The number of nitrogens with one attached hydrogen (secondary N) is 1. The lowest BCUT2D eigenvalue weighted by atomic mass is 9.88. The lowest BCUT2D eigenvalue weighted by molar-refractivity contribution is -0.138. The van der Waals surface area contributed by atoms with Crippen LogP contribution in [0.25, 0.3) is 5.70 Å². The van der Waals surface area contributed by atoms with Crippen molar-refractivity contribution in [2.24, 2.45) is 5.92 Å². The Morgan fingerprint density at radius 3 is 2.40 bits per heavy atom. The van der Waals surface area contributed by atoms with Crippen LogP contribution in [0.2, 0.25) is 0 Å². The van der Waals surface area contributed by atoms with E-state index < -0.39 is 0 Å². The number of ether oxygens (including phenoxy) is 2. The number of allylic oxidation sites excluding steroid dienone is 1. The summed E-state index contributed by atoms with van der Waals surface area (Å²) in [6, 6.07) is 5.39. The molecule has 8 nitrogen and oxygen atoms in total. The summed E-state index contributed by atoms with van der Waals surface area (Å²) in [4.78, 5) is 30.3. The van der Waals surface area contributed by atoms with Gasteiger partial charge in [-0.15, -0.1) is 0 Å². The number of piperazine rings is 1. The van der Waals surface area contributed by atoms with Crippen molar-refractivity contribution in [3.63, 3.8) is 0 Å². The highest BCUT2D eigenvalue weighted by Gasteiger charge is 2.30. The number of unbranched alkanes of at least 4 members (excludes halogenated alkanes) is 2. The molecule has 1 saturated heterocycles. The monoisotopic (exact) mass is 582 g/mol. The number of carbonyl (C=O) groups is 2. The number of nitrogens with zero attached hydrogens (tertiary/aromatic N) is 3. The molecule has 0 bridgehead atoms. The quantitative estimate of drug-likeness (QED) is 0.281. The zero-order valence-corrected chi connectivity index (χ0v) is 26.8. The van der Waals surface area contributed by atoms with Crippen LogP contribution in [0.5, 0.6) is 5.75 Å². The molecule has 2 fully saturated rings. The highest BCUT2D eigenvalue weighted by Crippen LogP contribution is 2.33. The third-order valence-corrected chi connectivity index (χ3v) is 8.40. The molecule has 0 spiro atoms. The number of anilines is 1. The number of carbonyl (C=O) groups excluding carboxylic acids is 2. The molecule has 1 saturated carbocycles. The molecule has 8 heteroatoms. The summed E-state index contributed by atoms with van der Waals surface area (Å²) in [5.41, 5.74) is 3.68. The average Bonchev–Trinajstić information content (AvgIpc) is 3.01. The van der Waals surface area contributed by atoms with Gasteiger partial charge in [0.2, 0.25) is 5.91 Å². The maximum Gasteiger partial charge on any atom is 0.326 e. The highest BCUT2D eigenvalue weighted by atomic mass is 16.5. The van der Waals surface area contributed by atoms with Gasteiger partial charge in [0.1, 0.15) is 5.75 Å². The maximum absolute atomic E-state index is 12.8. The first-order valence-corrected chi connectivity index (χ1v) is 16.2. The van der Waals surface area contributed by atoms with Crippen LogP contribution in [0.3, 0.4) is 0 Å². The molecular formula is C34H54N4O4. The molecular weight excluding hydrogens is 528 g/mol. The predicted octanol–water partition coefficient (Wildman–Crippen LogP) is 7.13. The van der Waals surface area contributed by atoms with Crippen LogP contribution in [0.15, 0.2) is 36.6 Å². The van der Waals surface area contributed by atoms with Gasteiger partial charge in [-0.05, 0) is 57.7 Å². The first-order valence-electron chi connectivity index (χ1n) is 16.2. The van der Waals surface area contributed by atoms with Crippen LogP contribution in [0, 0.1) is 5.92 Å². The summed E-state index contributed by atoms with van der Waals surface area (Å²) < 4.78 is 11.5. The van der Waals surface area contributed by atoms with E-state index in [1.165, 1.54) is 36.3 Å². The molecule has 0 aromatic heterocycles. The summed E-state index contributed by atoms with van der Waals surface area (Å²) in [6.45, 7) is 17.5. The molecule has 2 heterocycles. The number of benzene rings is 1. The minimum atomic E-state index is -0.165. The standard InChI is InChI=1S/C22H40N2O2.C12H14N2O2/c1-4-6-13-21(19(3)26-18-7-5-2)23-14-16-24(17-15-23)22(25)20-11-9-8-10-12-20;1-4-16-9-5-6-11-10(7-9)8(2)14(3)12(15)13-11/h13,19-20H,4-12,14-18H2,1-3H3;5-7H,2,4H2,1,3H3,(H,13,15)/b21-13-;. The van der Waals surface area contributed by atoms with E-state index in [1.54, 1.807) is 7.05 Å². The number of amides is 3. The fourth-order valence-electron chi connectivity index (χ4n) is 5.76. The predicted molar refractivity (Wildman–Crippen MR) is 171 cm³/mol. The average molecular weight is 583 g/mol. The molecule has 4 rings (SSSR count). The van der Waals surface area contributed by atoms with Gasteiger partial charge in [0, 0.05) is 62.7 Å². The number of fused-ring (bicyclic) bond motifs is 1. The molecule has 1 aromatic rings. The van der Waals surface area contributed by atoms with E-state index in [1.807, 2.05) is 25.1 Å². The van der Waals surface area contributed by atoms with E-state index in [2.05, 4.69) is 48.5 Å². The molecule has 3 amide bonds. The van der Waals surface area contributed by atoms with Crippen LogP contribution in [-0.2, 0) is 9.53 Å². The molecule has 234 valence electrons. The first-order chi connectivity index (χ1) is 20.3. The minimum absolute atomic E-state index is 0.147. The Morgan fingerprint density at radius 1 is 1.07 bits per heavy atom. The third-order valence-electron chi connectivity index (χ3n) is 8.40. The van der Waals surface area contributed by atoms with Crippen molar-refractivity contribution in [3.05, 3.63) is 42.1 Å². The maximum atomic E-state index is 12.8. The smallest absolute Gasteiger partial charge is 0.326 e. The van der Waals surface area contributed by atoms with Gasteiger partial charge in [-0.1, -0.05) is 58.6 Å². The number of urea groups is 1. The van der Waals surface area contributed by atoms with Gasteiger partial charge in [-0.2, -0.15) is 0 Å². The van der Waals surface area contributed by atoms with E-state index >= 15 is 0 Å². The van der Waals surface area contributed by atoms with Crippen molar-refractivity contribution >= 4 is 23.3 Å². The van der Waals surface area contributed by atoms with E-state index in [4.69, 9.17) is 9.47 Å². The molecule has 1 aliphatic carbocycles. The normalized spacial score (nSPS) is 18.6. The zero-order valence-electron chi connectivity index (χ0n) is 26.8. The Bertz CT molecular complexity index is 1060. The van der Waals surface area contributed by atoms with Gasteiger partial charge in [-0.25, -0.2) is 4.79 Å².